The minimum absolute atomic E-state index is 0.578. The van der Waals surface area contributed by atoms with Gasteiger partial charge < -0.3 is 9.73 Å². The third kappa shape index (κ3) is 5.03. The molecule has 1 rings (SSSR count). The van der Waals surface area contributed by atoms with Gasteiger partial charge in [-0.3, -0.25) is 0 Å². The van der Waals surface area contributed by atoms with E-state index >= 15 is 0 Å². The molecule has 0 amide bonds. The van der Waals surface area contributed by atoms with Crippen LogP contribution in [0, 0.1) is 5.92 Å². The largest absolute Gasteiger partial charge is 0.472 e. The maximum Gasteiger partial charge on any atom is 0.0934 e. The van der Waals surface area contributed by atoms with Gasteiger partial charge in [0.25, 0.3) is 0 Å². The van der Waals surface area contributed by atoms with Crippen LogP contribution >= 0.6 is 0 Å². The minimum Gasteiger partial charge on any atom is -0.472 e. The average molecular weight is 209 g/mol. The number of rotatable bonds is 7. The van der Waals surface area contributed by atoms with E-state index in [9.17, 15) is 0 Å². The molecule has 0 bridgehead atoms. The molecule has 0 aliphatic carbocycles. The molecule has 2 nitrogen and oxygen atoms in total. The molecule has 0 saturated carbocycles. The molecule has 1 aromatic heterocycles. The van der Waals surface area contributed by atoms with Crippen LogP contribution in [0.5, 0.6) is 0 Å². The zero-order chi connectivity index (χ0) is 11.1. The molecule has 0 aliphatic rings. The van der Waals surface area contributed by atoms with Crippen LogP contribution in [0.15, 0.2) is 23.0 Å². The number of furan rings is 1. The molecule has 0 aliphatic heterocycles. The molecule has 86 valence electrons. The van der Waals surface area contributed by atoms with Crippen LogP contribution in [0.2, 0.25) is 0 Å². The van der Waals surface area contributed by atoms with E-state index in [0.29, 0.717) is 6.04 Å². The molecule has 1 heterocycles. The Morgan fingerprint density at radius 2 is 2.20 bits per heavy atom. The van der Waals surface area contributed by atoms with Crippen molar-refractivity contribution in [2.75, 3.05) is 6.54 Å². The van der Waals surface area contributed by atoms with Crippen LogP contribution < -0.4 is 5.32 Å². The van der Waals surface area contributed by atoms with Gasteiger partial charge in [-0.15, -0.1) is 0 Å². The smallest absolute Gasteiger partial charge is 0.0934 e. The first-order valence-corrected chi connectivity index (χ1v) is 5.96. The Labute approximate surface area is 93.1 Å². The van der Waals surface area contributed by atoms with Crippen LogP contribution in [0.25, 0.3) is 0 Å². The third-order valence-corrected chi connectivity index (χ3v) is 2.62. The Bertz CT molecular complexity index is 241. The summed E-state index contributed by atoms with van der Waals surface area (Å²) in [6.45, 7) is 7.75. The maximum absolute atomic E-state index is 5.10. The fourth-order valence-corrected chi connectivity index (χ4v) is 1.83. The molecule has 0 spiro atoms. The Kier molecular flexibility index (Phi) is 5.48. The van der Waals surface area contributed by atoms with E-state index in [1.807, 2.05) is 6.26 Å². The molecule has 0 radical (unpaired) electrons. The molecule has 0 fully saturated rings. The summed E-state index contributed by atoms with van der Waals surface area (Å²) in [7, 11) is 0. The van der Waals surface area contributed by atoms with Crippen molar-refractivity contribution in [1.82, 2.24) is 5.32 Å². The second kappa shape index (κ2) is 6.67. The molecule has 1 unspecified atom stereocenters. The Morgan fingerprint density at radius 3 is 2.73 bits per heavy atom. The van der Waals surface area contributed by atoms with Crippen LogP contribution in [-0.2, 0) is 6.42 Å². The summed E-state index contributed by atoms with van der Waals surface area (Å²) >= 11 is 0. The second-order valence-corrected chi connectivity index (χ2v) is 4.55. The van der Waals surface area contributed by atoms with Crippen molar-refractivity contribution < 1.29 is 4.42 Å². The van der Waals surface area contributed by atoms with Gasteiger partial charge in [0.2, 0.25) is 0 Å². The van der Waals surface area contributed by atoms with E-state index < -0.39 is 0 Å². The van der Waals surface area contributed by atoms with E-state index in [2.05, 4.69) is 32.2 Å². The Hall–Kier alpha value is -0.760. The molecule has 1 atom stereocenters. The first kappa shape index (κ1) is 12.3. The normalized spacial score (nSPS) is 13.3. The number of hydrogen-bond donors (Lipinski definition) is 1. The quantitative estimate of drug-likeness (QED) is 0.745. The van der Waals surface area contributed by atoms with Gasteiger partial charge in [-0.25, -0.2) is 0 Å². The van der Waals surface area contributed by atoms with Crippen LogP contribution in [0.4, 0.5) is 0 Å². The summed E-state index contributed by atoms with van der Waals surface area (Å²) in [6.07, 6.45) is 7.28. The summed E-state index contributed by atoms with van der Waals surface area (Å²) in [5, 5.41) is 3.51. The summed E-state index contributed by atoms with van der Waals surface area (Å²) in [5.41, 5.74) is 1.32. The standard InChI is InChI=1S/C13H23NO/c1-4-5-12(9-14-11(2)3)8-13-6-7-15-10-13/h6-7,10-12,14H,4-5,8-9H2,1-3H3. The van der Waals surface area contributed by atoms with E-state index in [1.54, 1.807) is 6.26 Å². The molecule has 1 aromatic rings. The van der Waals surface area contributed by atoms with Gasteiger partial charge in [-0.1, -0.05) is 27.2 Å². The predicted molar refractivity (Wildman–Crippen MR) is 63.9 cm³/mol. The molecule has 0 aromatic carbocycles. The monoisotopic (exact) mass is 209 g/mol. The van der Waals surface area contributed by atoms with Gasteiger partial charge in [0.05, 0.1) is 12.5 Å². The molecular formula is C13H23NO. The van der Waals surface area contributed by atoms with Crippen LogP contribution in [0.1, 0.15) is 39.2 Å². The van der Waals surface area contributed by atoms with Gasteiger partial charge in [0.1, 0.15) is 0 Å². The van der Waals surface area contributed by atoms with E-state index in [-0.39, 0.29) is 0 Å². The van der Waals surface area contributed by atoms with Crippen molar-refractivity contribution in [3.05, 3.63) is 24.2 Å². The van der Waals surface area contributed by atoms with Gasteiger partial charge in [0.15, 0.2) is 0 Å². The number of hydrogen-bond acceptors (Lipinski definition) is 2. The first-order chi connectivity index (χ1) is 7.22. The van der Waals surface area contributed by atoms with Gasteiger partial charge in [-0.2, -0.15) is 0 Å². The minimum atomic E-state index is 0.578. The highest BCUT2D eigenvalue weighted by molar-refractivity contribution is 5.06. The van der Waals surface area contributed by atoms with Gasteiger partial charge >= 0.3 is 0 Å². The first-order valence-electron chi connectivity index (χ1n) is 5.96. The average Bonchev–Trinajstić information content (AvgIpc) is 2.67. The molecular weight excluding hydrogens is 186 g/mol. The van der Waals surface area contributed by atoms with Crippen molar-refractivity contribution >= 4 is 0 Å². The summed E-state index contributed by atoms with van der Waals surface area (Å²) in [5.74, 6) is 0.731. The van der Waals surface area contributed by atoms with E-state index in [4.69, 9.17) is 4.42 Å². The maximum atomic E-state index is 5.10. The Morgan fingerprint density at radius 1 is 1.40 bits per heavy atom. The SMILES string of the molecule is CCCC(CNC(C)C)Cc1ccoc1. The van der Waals surface area contributed by atoms with Crippen molar-refractivity contribution in [2.24, 2.45) is 5.92 Å². The van der Waals surface area contributed by atoms with Gasteiger partial charge in [0, 0.05) is 6.04 Å². The molecule has 15 heavy (non-hydrogen) atoms. The van der Waals surface area contributed by atoms with E-state index in [1.165, 1.54) is 18.4 Å². The second-order valence-electron chi connectivity index (χ2n) is 4.55. The van der Waals surface area contributed by atoms with Crippen molar-refractivity contribution in [3.8, 4) is 0 Å². The topological polar surface area (TPSA) is 25.2 Å². The van der Waals surface area contributed by atoms with Crippen molar-refractivity contribution in [2.45, 2.75) is 46.1 Å². The highest BCUT2D eigenvalue weighted by atomic mass is 16.3. The fraction of sp³-hybridized carbons (Fsp3) is 0.692. The highest BCUT2D eigenvalue weighted by Gasteiger charge is 2.09. The lowest BCUT2D eigenvalue weighted by Crippen LogP contribution is -2.29. The zero-order valence-corrected chi connectivity index (χ0v) is 10.1. The lowest BCUT2D eigenvalue weighted by Gasteiger charge is -2.17. The lowest BCUT2D eigenvalue weighted by molar-refractivity contribution is 0.417. The third-order valence-electron chi connectivity index (χ3n) is 2.62. The molecule has 1 N–H and O–H groups in total. The number of nitrogens with one attached hydrogen (secondary N) is 1. The summed E-state index contributed by atoms with van der Waals surface area (Å²) in [4.78, 5) is 0. The fourth-order valence-electron chi connectivity index (χ4n) is 1.83. The van der Waals surface area contributed by atoms with E-state index in [0.717, 1.165) is 18.9 Å². The van der Waals surface area contributed by atoms with Gasteiger partial charge in [-0.05, 0) is 36.9 Å². The van der Waals surface area contributed by atoms with Crippen LogP contribution in [-0.4, -0.2) is 12.6 Å². The zero-order valence-electron chi connectivity index (χ0n) is 10.1. The Balaban J connectivity index is 2.36. The highest BCUT2D eigenvalue weighted by Crippen LogP contribution is 2.14. The summed E-state index contributed by atoms with van der Waals surface area (Å²) in [6, 6.07) is 2.64. The van der Waals surface area contributed by atoms with Crippen molar-refractivity contribution in [3.63, 3.8) is 0 Å². The summed E-state index contributed by atoms with van der Waals surface area (Å²) < 4.78 is 5.10. The lowest BCUT2D eigenvalue weighted by atomic mass is 9.96. The van der Waals surface area contributed by atoms with Crippen LogP contribution in [0.3, 0.4) is 0 Å². The molecule has 0 saturated heterocycles. The molecule has 2 heteroatoms. The predicted octanol–water partition coefficient (Wildman–Crippen LogP) is 3.24. The van der Waals surface area contributed by atoms with Crippen molar-refractivity contribution in [1.29, 1.82) is 0 Å².